The molecular formula is C22H31N5. The van der Waals surface area contributed by atoms with Crippen molar-refractivity contribution < 1.29 is 0 Å². The Morgan fingerprint density at radius 1 is 0.926 bits per heavy atom. The molecule has 1 N–H and O–H groups in total. The fraction of sp³-hybridized carbons (Fsp3) is 0.545. The van der Waals surface area contributed by atoms with Gasteiger partial charge >= 0.3 is 0 Å². The van der Waals surface area contributed by atoms with E-state index in [9.17, 15) is 0 Å². The lowest BCUT2D eigenvalue weighted by atomic mass is 9.84. The topological polar surface area (TPSA) is 44.3 Å². The van der Waals surface area contributed by atoms with Crippen LogP contribution in [-0.4, -0.2) is 53.6 Å². The number of para-hydroxylation sites is 1. The van der Waals surface area contributed by atoms with Gasteiger partial charge in [-0.2, -0.15) is 0 Å². The number of nitrogens with one attached hydrogen (secondary N) is 1. The molecule has 0 bridgehead atoms. The third kappa shape index (κ3) is 5.19. The molecule has 0 atom stereocenters. The van der Waals surface area contributed by atoms with Gasteiger partial charge in [-0.15, -0.1) is 0 Å². The first-order valence-electron chi connectivity index (χ1n) is 10.4. The van der Waals surface area contributed by atoms with Crippen LogP contribution in [0, 0.1) is 5.92 Å². The van der Waals surface area contributed by atoms with E-state index in [1.807, 2.05) is 6.20 Å². The molecule has 1 saturated heterocycles. The van der Waals surface area contributed by atoms with Crippen molar-refractivity contribution in [3.63, 3.8) is 0 Å². The van der Waals surface area contributed by atoms with Crippen molar-refractivity contribution in [2.75, 3.05) is 42.9 Å². The molecule has 1 saturated carbocycles. The first kappa shape index (κ1) is 18.2. The summed E-state index contributed by atoms with van der Waals surface area (Å²) in [6, 6.07) is 11.4. The molecule has 5 heteroatoms. The van der Waals surface area contributed by atoms with Crippen LogP contribution >= 0.6 is 0 Å². The van der Waals surface area contributed by atoms with Gasteiger partial charge in [-0.25, -0.2) is 4.98 Å². The Morgan fingerprint density at radius 3 is 2.41 bits per heavy atom. The highest BCUT2D eigenvalue weighted by atomic mass is 15.3. The van der Waals surface area contributed by atoms with Crippen molar-refractivity contribution >= 4 is 11.5 Å². The van der Waals surface area contributed by atoms with Crippen molar-refractivity contribution in [2.24, 2.45) is 5.92 Å². The second kappa shape index (κ2) is 9.18. The third-order valence-electron chi connectivity index (χ3n) is 6.11. The van der Waals surface area contributed by atoms with Crippen molar-refractivity contribution in [1.29, 1.82) is 0 Å². The summed E-state index contributed by atoms with van der Waals surface area (Å²) >= 11 is 0. The average Bonchev–Trinajstić information content (AvgIpc) is 2.75. The Balaban J connectivity index is 1.14. The second-order valence-electron chi connectivity index (χ2n) is 7.91. The third-order valence-corrected chi connectivity index (χ3v) is 6.11. The Kier molecular flexibility index (Phi) is 6.20. The SMILES string of the molecule is c1ccc(N2CCN(CCC3CCC(Nc4cnccn4)CC3)CC2)cc1. The molecular weight excluding hydrogens is 334 g/mol. The van der Waals surface area contributed by atoms with Gasteiger partial charge in [0.05, 0.1) is 6.20 Å². The fourth-order valence-electron chi connectivity index (χ4n) is 4.41. The number of rotatable bonds is 6. The summed E-state index contributed by atoms with van der Waals surface area (Å²) in [5.41, 5.74) is 1.37. The van der Waals surface area contributed by atoms with E-state index in [1.165, 1.54) is 57.4 Å². The van der Waals surface area contributed by atoms with Crippen molar-refractivity contribution in [3.05, 3.63) is 48.9 Å². The maximum Gasteiger partial charge on any atom is 0.144 e. The molecule has 144 valence electrons. The Bertz CT molecular complexity index is 662. The van der Waals surface area contributed by atoms with E-state index in [1.54, 1.807) is 12.4 Å². The van der Waals surface area contributed by atoms with E-state index in [0.29, 0.717) is 6.04 Å². The fourth-order valence-corrected chi connectivity index (χ4v) is 4.41. The predicted octanol–water partition coefficient (Wildman–Crippen LogP) is 3.66. The van der Waals surface area contributed by atoms with Crippen LogP contribution in [0.5, 0.6) is 0 Å². The monoisotopic (exact) mass is 365 g/mol. The molecule has 0 radical (unpaired) electrons. The van der Waals surface area contributed by atoms with E-state index in [-0.39, 0.29) is 0 Å². The van der Waals surface area contributed by atoms with Crippen LogP contribution in [0.4, 0.5) is 11.5 Å². The summed E-state index contributed by atoms with van der Waals surface area (Å²) in [5, 5.41) is 3.54. The highest BCUT2D eigenvalue weighted by Crippen LogP contribution is 2.28. The molecule has 5 nitrogen and oxygen atoms in total. The van der Waals surface area contributed by atoms with Crippen molar-refractivity contribution in [1.82, 2.24) is 14.9 Å². The lowest BCUT2D eigenvalue weighted by Crippen LogP contribution is -2.47. The van der Waals surface area contributed by atoms with Gasteiger partial charge in [-0.05, 0) is 56.7 Å². The zero-order valence-corrected chi connectivity index (χ0v) is 16.1. The molecule has 1 aliphatic heterocycles. The minimum atomic E-state index is 0.562. The minimum absolute atomic E-state index is 0.562. The normalized spacial score (nSPS) is 23.9. The van der Waals surface area contributed by atoms with Gasteiger partial charge in [0.25, 0.3) is 0 Å². The standard InChI is InChI=1S/C22H31N5/c1-2-4-21(5-3-1)27-16-14-26(15-17-27)13-10-19-6-8-20(9-7-19)25-22-18-23-11-12-24-22/h1-5,11-12,18-20H,6-10,13-17H2,(H,24,25). The van der Waals surface area contributed by atoms with Gasteiger partial charge in [0, 0.05) is 50.3 Å². The molecule has 0 amide bonds. The van der Waals surface area contributed by atoms with Gasteiger partial charge in [0.15, 0.2) is 0 Å². The number of nitrogens with zero attached hydrogens (tertiary/aromatic N) is 4. The second-order valence-corrected chi connectivity index (χ2v) is 7.91. The molecule has 2 aliphatic rings. The van der Waals surface area contributed by atoms with Crippen molar-refractivity contribution in [2.45, 2.75) is 38.1 Å². The predicted molar refractivity (Wildman–Crippen MR) is 111 cm³/mol. The minimum Gasteiger partial charge on any atom is -0.369 e. The molecule has 0 spiro atoms. The molecule has 0 unspecified atom stereocenters. The van der Waals surface area contributed by atoms with Crippen LogP contribution in [0.3, 0.4) is 0 Å². The first-order chi connectivity index (χ1) is 13.4. The summed E-state index contributed by atoms with van der Waals surface area (Å²) in [6.07, 6.45) is 11.8. The Hall–Kier alpha value is -2.14. The summed E-state index contributed by atoms with van der Waals surface area (Å²) < 4.78 is 0. The highest BCUT2D eigenvalue weighted by Gasteiger charge is 2.23. The van der Waals surface area contributed by atoms with Crippen LogP contribution < -0.4 is 10.2 Å². The van der Waals surface area contributed by atoms with Gasteiger partial charge in [-0.3, -0.25) is 9.88 Å². The molecule has 2 fully saturated rings. The van der Waals surface area contributed by atoms with E-state index in [2.05, 4.69) is 55.4 Å². The van der Waals surface area contributed by atoms with E-state index in [4.69, 9.17) is 0 Å². The van der Waals surface area contributed by atoms with E-state index >= 15 is 0 Å². The van der Waals surface area contributed by atoms with Crippen LogP contribution in [0.15, 0.2) is 48.9 Å². The molecule has 4 rings (SSSR count). The summed E-state index contributed by atoms with van der Waals surface area (Å²) in [4.78, 5) is 13.6. The van der Waals surface area contributed by atoms with E-state index in [0.717, 1.165) is 24.8 Å². The lowest BCUT2D eigenvalue weighted by Gasteiger charge is -2.37. The van der Waals surface area contributed by atoms with Crippen LogP contribution in [-0.2, 0) is 0 Å². The maximum absolute atomic E-state index is 4.33. The quantitative estimate of drug-likeness (QED) is 0.846. The summed E-state index contributed by atoms with van der Waals surface area (Å²) in [6.45, 7) is 5.95. The summed E-state index contributed by atoms with van der Waals surface area (Å²) in [5.74, 6) is 1.80. The number of benzene rings is 1. The smallest absolute Gasteiger partial charge is 0.144 e. The number of piperazine rings is 1. The lowest BCUT2D eigenvalue weighted by molar-refractivity contribution is 0.218. The van der Waals surface area contributed by atoms with Gasteiger partial charge in [-0.1, -0.05) is 18.2 Å². The van der Waals surface area contributed by atoms with Crippen molar-refractivity contribution in [3.8, 4) is 0 Å². The summed E-state index contributed by atoms with van der Waals surface area (Å²) in [7, 11) is 0. The molecule has 1 aliphatic carbocycles. The van der Waals surface area contributed by atoms with Gasteiger partial charge in [0.2, 0.25) is 0 Å². The molecule has 1 aromatic heterocycles. The van der Waals surface area contributed by atoms with Crippen LogP contribution in [0.2, 0.25) is 0 Å². The van der Waals surface area contributed by atoms with Crippen LogP contribution in [0.1, 0.15) is 32.1 Å². The highest BCUT2D eigenvalue weighted by molar-refractivity contribution is 5.46. The van der Waals surface area contributed by atoms with Crippen LogP contribution in [0.25, 0.3) is 0 Å². The van der Waals surface area contributed by atoms with Gasteiger partial charge in [0.1, 0.15) is 5.82 Å². The zero-order chi connectivity index (χ0) is 18.3. The largest absolute Gasteiger partial charge is 0.369 e. The molecule has 1 aromatic carbocycles. The molecule has 2 heterocycles. The molecule has 2 aromatic rings. The van der Waals surface area contributed by atoms with Gasteiger partial charge < -0.3 is 10.2 Å². The number of aromatic nitrogens is 2. The molecule has 27 heavy (non-hydrogen) atoms. The number of hydrogen-bond acceptors (Lipinski definition) is 5. The zero-order valence-electron chi connectivity index (χ0n) is 16.1. The number of hydrogen-bond donors (Lipinski definition) is 1. The Labute approximate surface area is 162 Å². The first-order valence-corrected chi connectivity index (χ1v) is 10.4. The average molecular weight is 366 g/mol. The number of anilines is 2. The Morgan fingerprint density at radius 2 is 1.70 bits per heavy atom. The maximum atomic E-state index is 4.33. The van der Waals surface area contributed by atoms with E-state index < -0.39 is 0 Å².